The van der Waals surface area contributed by atoms with Crippen LogP contribution in [0, 0.1) is 12.3 Å². The minimum absolute atomic E-state index is 0.523. The average molecular weight is 245 g/mol. The van der Waals surface area contributed by atoms with Crippen molar-refractivity contribution in [3.05, 3.63) is 35.4 Å². The minimum atomic E-state index is 0.523. The lowest BCUT2D eigenvalue weighted by Crippen LogP contribution is -2.43. The fraction of sp³-hybridized carbons (Fsp3) is 0.647. The maximum atomic E-state index is 3.60. The smallest absolute Gasteiger partial charge is 0.00255 e. The van der Waals surface area contributed by atoms with E-state index in [2.05, 4.69) is 50.4 Å². The molecule has 1 heterocycles. The number of hydrogen-bond acceptors (Lipinski definition) is 1. The first kappa shape index (κ1) is 13.6. The third kappa shape index (κ3) is 2.61. The number of rotatable bonds is 4. The predicted octanol–water partition coefficient (Wildman–Crippen LogP) is 4.27. The highest BCUT2D eigenvalue weighted by Crippen LogP contribution is 2.46. The Morgan fingerprint density at radius 1 is 1.22 bits per heavy atom. The number of piperidine rings is 1. The molecule has 1 aliphatic heterocycles. The van der Waals surface area contributed by atoms with E-state index in [9.17, 15) is 0 Å². The standard InChI is InChI=1S/C17H27N/c1-4-10-17(5-2)11-12-18-13-16(17)15-8-6-14(3)7-9-15/h6-9,16,18H,4-5,10-13H2,1-3H3. The molecule has 0 radical (unpaired) electrons. The fourth-order valence-electron chi connectivity index (χ4n) is 3.64. The third-order valence-corrected chi connectivity index (χ3v) is 4.82. The second-order valence-corrected chi connectivity index (χ2v) is 5.88. The van der Waals surface area contributed by atoms with Crippen molar-refractivity contribution < 1.29 is 0 Å². The van der Waals surface area contributed by atoms with Crippen LogP contribution < -0.4 is 5.32 Å². The third-order valence-electron chi connectivity index (χ3n) is 4.82. The van der Waals surface area contributed by atoms with Crippen LogP contribution in [0.15, 0.2) is 24.3 Å². The maximum Gasteiger partial charge on any atom is 0.00255 e. The van der Waals surface area contributed by atoms with Crippen LogP contribution >= 0.6 is 0 Å². The van der Waals surface area contributed by atoms with Crippen molar-refractivity contribution in [3.63, 3.8) is 0 Å². The first-order valence-corrected chi connectivity index (χ1v) is 7.49. The summed E-state index contributed by atoms with van der Waals surface area (Å²) in [6.45, 7) is 9.21. The van der Waals surface area contributed by atoms with E-state index in [0.29, 0.717) is 11.3 Å². The lowest BCUT2D eigenvalue weighted by atomic mass is 9.64. The van der Waals surface area contributed by atoms with Gasteiger partial charge in [0.15, 0.2) is 0 Å². The zero-order valence-electron chi connectivity index (χ0n) is 12.1. The molecule has 0 saturated carbocycles. The Morgan fingerprint density at radius 3 is 2.56 bits per heavy atom. The van der Waals surface area contributed by atoms with Crippen LogP contribution in [0.1, 0.15) is 56.6 Å². The number of benzene rings is 1. The summed E-state index contributed by atoms with van der Waals surface area (Å²) >= 11 is 0. The highest BCUT2D eigenvalue weighted by molar-refractivity contribution is 5.27. The second kappa shape index (κ2) is 5.88. The number of aryl methyl sites for hydroxylation is 1. The lowest BCUT2D eigenvalue weighted by molar-refractivity contribution is 0.139. The van der Waals surface area contributed by atoms with E-state index >= 15 is 0 Å². The Hall–Kier alpha value is -0.820. The molecule has 0 aromatic heterocycles. The Labute approximate surface area is 112 Å². The van der Waals surface area contributed by atoms with E-state index in [1.54, 1.807) is 0 Å². The summed E-state index contributed by atoms with van der Waals surface area (Å²) in [6, 6.07) is 9.20. The molecule has 18 heavy (non-hydrogen) atoms. The molecule has 1 saturated heterocycles. The molecule has 1 aliphatic rings. The summed E-state index contributed by atoms with van der Waals surface area (Å²) in [7, 11) is 0. The van der Waals surface area contributed by atoms with Gasteiger partial charge in [0.1, 0.15) is 0 Å². The largest absolute Gasteiger partial charge is 0.316 e. The molecule has 2 atom stereocenters. The first-order chi connectivity index (χ1) is 8.72. The molecule has 2 rings (SSSR count). The van der Waals surface area contributed by atoms with Crippen molar-refractivity contribution in [3.8, 4) is 0 Å². The zero-order chi connectivity index (χ0) is 13.0. The van der Waals surface area contributed by atoms with E-state index in [-0.39, 0.29) is 0 Å². The van der Waals surface area contributed by atoms with Crippen molar-refractivity contribution in [2.45, 2.75) is 52.4 Å². The topological polar surface area (TPSA) is 12.0 Å². The van der Waals surface area contributed by atoms with Crippen LogP contribution in [0.4, 0.5) is 0 Å². The summed E-state index contributed by atoms with van der Waals surface area (Å²) in [5.41, 5.74) is 3.41. The van der Waals surface area contributed by atoms with Crippen molar-refractivity contribution in [1.82, 2.24) is 5.32 Å². The Balaban J connectivity index is 2.29. The van der Waals surface area contributed by atoms with Gasteiger partial charge in [0, 0.05) is 12.5 Å². The van der Waals surface area contributed by atoms with Gasteiger partial charge in [-0.25, -0.2) is 0 Å². The van der Waals surface area contributed by atoms with E-state index in [0.717, 1.165) is 6.54 Å². The van der Waals surface area contributed by atoms with Gasteiger partial charge in [0.05, 0.1) is 0 Å². The van der Waals surface area contributed by atoms with E-state index in [1.807, 2.05) is 0 Å². The Kier molecular flexibility index (Phi) is 4.45. The second-order valence-electron chi connectivity index (χ2n) is 5.88. The fourth-order valence-corrected chi connectivity index (χ4v) is 3.64. The molecule has 100 valence electrons. The highest BCUT2D eigenvalue weighted by Gasteiger charge is 2.38. The Bertz CT molecular complexity index is 364. The monoisotopic (exact) mass is 245 g/mol. The summed E-state index contributed by atoms with van der Waals surface area (Å²) in [5, 5.41) is 3.60. The molecule has 1 heteroatoms. The van der Waals surface area contributed by atoms with Crippen LogP contribution in [-0.4, -0.2) is 13.1 Å². The van der Waals surface area contributed by atoms with Crippen LogP contribution in [0.25, 0.3) is 0 Å². The van der Waals surface area contributed by atoms with Crippen LogP contribution in [-0.2, 0) is 0 Å². The molecular weight excluding hydrogens is 218 g/mol. The van der Waals surface area contributed by atoms with Gasteiger partial charge in [-0.15, -0.1) is 0 Å². The number of hydrogen-bond donors (Lipinski definition) is 1. The van der Waals surface area contributed by atoms with Crippen molar-refractivity contribution in [2.75, 3.05) is 13.1 Å². The van der Waals surface area contributed by atoms with Crippen LogP contribution in [0.5, 0.6) is 0 Å². The Morgan fingerprint density at radius 2 is 1.94 bits per heavy atom. The summed E-state index contributed by atoms with van der Waals surface area (Å²) in [4.78, 5) is 0. The predicted molar refractivity (Wildman–Crippen MR) is 79.0 cm³/mol. The molecular formula is C17H27N. The molecule has 0 amide bonds. The number of nitrogens with one attached hydrogen (secondary N) is 1. The molecule has 1 fully saturated rings. The quantitative estimate of drug-likeness (QED) is 0.835. The molecule has 0 aliphatic carbocycles. The van der Waals surface area contributed by atoms with E-state index < -0.39 is 0 Å². The maximum absolute atomic E-state index is 3.60. The van der Waals surface area contributed by atoms with Gasteiger partial charge in [-0.05, 0) is 43.7 Å². The molecule has 1 nitrogen and oxygen atoms in total. The van der Waals surface area contributed by atoms with Crippen molar-refractivity contribution in [2.24, 2.45) is 5.41 Å². The first-order valence-electron chi connectivity index (χ1n) is 7.49. The summed E-state index contributed by atoms with van der Waals surface area (Å²) < 4.78 is 0. The zero-order valence-corrected chi connectivity index (χ0v) is 12.1. The van der Waals surface area contributed by atoms with E-state index in [1.165, 1.54) is 43.4 Å². The van der Waals surface area contributed by atoms with E-state index in [4.69, 9.17) is 0 Å². The molecule has 1 aromatic rings. The van der Waals surface area contributed by atoms with Gasteiger partial charge >= 0.3 is 0 Å². The van der Waals surface area contributed by atoms with Gasteiger partial charge < -0.3 is 5.32 Å². The lowest BCUT2D eigenvalue weighted by Gasteiger charge is -2.45. The molecule has 0 bridgehead atoms. The van der Waals surface area contributed by atoms with Gasteiger partial charge in [0.25, 0.3) is 0 Å². The molecule has 0 spiro atoms. The molecule has 2 unspecified atom stereocenters. The van der Waals surface area contributed by atoms with Gasteiger partial charge in [0.2, 0.25) is 0 Å². The molecule has 1 aromatic carbocycles. The van der Waals surface area contributed by atoms with Crippen LogP contribution in [0.2, 0.25) is 0 Å². The summed E-state index contributed by atoms with van der Waals surface area (Å²) in [6.07, 6.45) is 5.30. The van der Waals surface area contributed by atoms with Crippen molar-refractivity contribution in [1.29, 1.82) is 0 Å². The van der Waals surface area contributed by atoms with Gasteiger partial charge in [-0.1, -0.05) is 50.1 Å². The minimum Gasteiger partial charge on any atom is -0.316 e. The van der Waals surface area contributed by atoms with Gasteiger partial charge in [-0.2, -0.15) is 0 Å². The van der Waals surface area contributed by atoms with Crippen LogP contribution in [0.3, 0.4) is 0 Å². The SMILES string of the molecule is CCCC1(CC)CCNCC1c1ccc(C)cc1. The van der Waals surface area contributed by atoms with Crippen molar-refractivity contribution >= 4 is 0 Å². The molecule has 1 N–H and O–H groups in total. The summed E-state index contributed by atoms with van der Waals surface area (Å²) in [5.74, 6) is 0.691. The highest BCUT2D eigenvalue weighted by atomic mass is 14.9. The van der Waals surface area contributed by atoms with Gasteiger partial charge in [-0.3, -0.25) is 0 Å². The normalized spacial score (nSPS) is 28.3. The average Bonchev–Trinajstić information content (AvgIpc) is 2.41.